The number of likely N-dealkylation sites (tertiary alicyclic amines) is 1. The Hall–Kier alpha value is -3.76. The largest absolute Gasteiger partial charge is 0.417 e. The number of carbonyl (C=O) groups excluding carboxylic acids is 1. The lowest BCUT2D eigenvalue weighted by atomic mass is 10.1. The molecule has 1 aliphatic heterocycles. The molecule has 1 aliphatic rings. The van der Waals surface area contributed by atoms with Crippen LogP contribution in [0.2, 0.25) is 0 Å². The average molecular weight is 461 g/mol. The van der Waals surface area contributed by atoms with Gasteiger partial charge in [0.2, 0.25) is 0 Å². The van der Waals surface area contributed by atoms with E-state index in [1.165, 1.54) is 41.6 Å². The predicted octanol–water partition coefficient (Wildman–Crippen LogP) is 4.77. The first-order valence-electron chi connectivity index (χ1n) is 10.1. The summed E-state index contributed by atoms with van der Waals surface area (Å²) in [6.07, 6.45) is 0.0206. The summed E-state index contributed by atoms with van der Waals surface area (Å²) < 4.78 is 57.4. The minimum Gasteiger partial charge on any atom is -0.409 e. The van der Waals surface area contributed by atoms with E-state index in [0.29, 0.717) is 19.4 Å². The van der Waals surface area contributed by atoms with Gasteiger partial charge in [0.05, 0.1) is 11.1 Å². The Morgan fingerprint density at radius 1 is 1.12 bits per heavy atom. The molecule has 2 aromatic heterocycles. The Morgan fingerprint density at radius 2 is 1.91 bits per heavy atom. The summed E-state index contributed by atoms with van der Waals surface area (Å²) in [6.45, 7) is 0.704. The molecule has 1 saturated heterocycles. The number of ether oxygens (including phenoxy) is 1. The number of anilines is 1. The first-order chi connectivity index (χ1) is 15.8. The van der Waals surface area contributed by atoms with E-state index in [-0.39, 0.29) is 35.5 Å². The molecule has 3 heterocycles. The van der Waals surface area contributed by atoms with E-state index < -0.39 is 23.7 Å². The summed E-state index contributed by atoms with van der Waals surface area (Å²) in [7, 11) is 0. The molecule has 0 aliphatic carbocycles. The van der Waals surface area contributed by atoms with E-state index in [1.54, 1.807) is 6.07 Å². The molecule has 1 unspecified atom stereocenters. The standard InChI is InChI=1S/C22H19F4N5O2/c23-15-5-6-18(17(11-15)20-27-8-2-9-28-20)33-21(32)31-10-1-3-16(13-31)30-19-7-4-14(12-29-19)22(24,25)26/h2,4-9,11-12,16H,1,3,10,13H2,(H,29,30). The zero-order valence-corrected chi connectivity index (χ0v) is 17.2. The van der Waals surface area contributed by atoms with Gasteiger partial charge in [-0.3, -0.25) is 0 Å². The second-order valence-corrected chi connectivity index (χ2v) is 7.44. The Kier molecular flexibility index (Phi) is 6.38. The van der Waals surface area contributed by atoms with Crippen molar-refractivity contribution < 1.29 is 27.1 Å². The highest BCUT2D eigenvalue weighted by Gasteiger charge is 2.31. The lowest BCUT2D eigenvalue weighted by molar-refractivity contribution is -0.137. The second-order valence-electron chi connectivity index (χ2n) is 7.44. The highest BCUT2D eigenvalue weighted by atomic mass is 19.4. The lowest BCUT2D eigenvalue weighted by Crippen LogP contribution is -2.46. The van der Waals surface area contributed by atoms with Crippen LogP contribution in [0.3, 0.4) is 0 Å². The van der Waals surface area contributed by atoms with Gasteiger partial charge in [0.1, 0.15) is 17.4 Å². The molecular weight excluding hydrogens is 442 g/mol. The van der Waals surface area contributed by atoms with E-state index >= 15 is 0 Å². The van der Waals surface area contributed by atoms with Gasteiger partial charge in [-0.05, 0) is 49.2 Å². The number of benzene rings is 1. The smallest absolute Gasteiger partial charge is 0.409 e. The van der Waals surface area contributed by atoms with Crippen molar-refractivity contribution in [3.8, 4) is 17.1 Å². The van der Waals surface area contributed by atoms with Gasteiger partial charge in [-0.1, -0.05) is 0 Å². The van der Waals surface area contributed by atoms with Crippen molar-refractivity contribution in [2.45, 2.75) is 25.1 Å². The molecule has 7 nitrogen and oxygen atoms in total. The molecule has 33 heavy (non-hydrogen) atoms. The number of carbonyl (C=O) groups is 1. The van der Waals surface area contributed by atoms with Crippen molar-refractivity contribution in [3.05, 3.63) is 66.4 Å². The Morgan fingerprint density at radius 3 is 2.61 bits per heavy atom. The molecule has 0 spiro atoms. The third kappa shape index (κ3) is 5.54. The summed E-state index contributed by atoms with van der Waals surface area (Å²) in [4.78, 5) is 26.2. The Balaban J connectivity index is 1.43. The van der Waals surface area contributed by atoms with Crippen LogP contribution in [0.5, 0.6) is 5.75 Å². The first-order valence-corrected chi connectivity index (χ1v) is 10.1. The number of piperidine rings is 1. The van der Waals surface area contributed by atoms with E-state index in [1.807, 2.05) is 0 Å². The number of amides is 1. The zero-order chi connectivity index (χ0) is 23.4. The number of nitrogens with one attached hydrogen (secondary N) is 1. The average Bonchev–Trinajstić information content (AvgIpc) is 2.81. The van der Waals surface area contributed by atoms with E-state index in [9.17, 15) is 22.4 Å². The molecule has 0 radical (unpaired) electrons. The van der Waals surface area contributed by atoms with Crippen molar-refractivity contribution in [3.63, 3.8) is 0 Å². The SMILES string of the molecule is O=C(Oc1ccc(F)cc1-c1ncccn1)N1CCCC(Nc2ccc(C(F)(F)F)cn2)C1. The summed E-state index contributed by atoms with van der Waals surface area (Å²) in [5.41, 5.74) is -0.594. The molecule has 172 valence electrons. The number of pyridine rings is 1. The monoisotopic (exact) mass is 461 g/mol. The zero-order valence-electron chi connectivity index (χ0n) is 17.2. The van der Waals surface area contributed by atoms with Gasteiger partial charge in [-0.15, -0.1) is 0 Å². The van der Waals surface area contributed by atoms with Crippen LogP contribution < -0.4 is 10.1 Å². The Labute approximate surface area is 186 Å². The highest BCUT2D eigenvalue weighted by Crippen LogP contribution is 2.30. The molecule has 1 N–H and O–H groups in total. The Bertz CT molecular complexity index is 1110. The first kappa shape index (κ1) is 22.4. The van der Waals surface area contributed by atoms with Gasteiger partial charge in [0.15, 0.2) is 5.82 Å². The number of nitrogens with zero attached hydrogens (tertiary/aromatic N) is 4. The minimum absolute atomic E-state index is 0.118. The molecule has 0 bridgehead atoms. The number of rotatable bonds is 4. The molecule has 1 fully saturated rings. The summed E-state index contributed by atoms with van der Waals surface area (Å²) in [5, 5.41) is 3.06. The van der Waals surface area contributed by atoms with Crippen LogP contribution in [-0.4, -0.2) is 45.1 Å². The van der Waals surface area contributed by atoms with Crippen LogP contribution >= 0.6 is 0 Å². The summed E-state index contributed by atoms with van der Waals surface area (Å²) in [5.74, 6) is 0.0900. The number of alkyl halides is 3. The van der Waals surface area contributed by atoms with Gasteiger partial charge in [-0.2, -0.15) is 13.2 Å². The minimum atomic E-state index is -4.46. The van der Waals surface area contributed by atoms with Crippen molar-refractivity contribution in [2.24, 2.45) is 0 Å². The fraction of sp³-hybridized carbons (Fsp3) is 0.273. The highest BCUT2D eigenvalue weighted by molar-refractivity contribution is 5.75. The molecular formula is C22H19F4N5O2. The van der Waals surface area contributed by atoms with E-state index in [4.69, 9.17) is 4.74 Å². The number of hydrogen-bond donors (Lipinski definition) is 1. The van der Waals surface area contributed by atoms with Gasteiger partial charge >= 0.3 is 12.3 Å². The van der Waals surface area contributed by atoms with E-state index in [0.717, 1.165) is 12.3 Å². The maximum absolute atomic E-state index is 13.8. The molecule has 1 atom stereocenters. The van der Waals surface area contributed by atoms with Gasteiger partial charge in [0.25, 0.3) is 0 Å². The number of hydrogen-bond acceptors (Lipinski definition) is 6. The predicted molar refractivity (Wildman–Crippen MR) is 111 cm³/mol. The maximum Gasteiger partial charge on any atom is 0.417 e. The maximum atomic E-state index is 13.8. The number of aromatic nitrogens is 3. The van der Waals surface area contributed by atoms with Gasteiger partial charge in [-0.25, -0.2) is 24.1 Å². The van der Waals surface area contributed by atoms with Crippen LogP contribution in [0.4, 0.5) is 28.2 Å². The third-order valence-corrected chi connectivity index (χ3v) is 5.07. The number of halogens is 4. The molecule has 1 aromatic carbocycles. The fourth-order valence-corrected chi connectivity index (χ4v) is 3.48. The van der Waals surface area contributed by atoms with Crippen LogP contribution in [0.15, 0.2) is 55.0 Å². The van der Waals surface area contributed by atoms with Crippen LogP contribution in [0, 0.1) is 5.82 Å². The van der Waals surface area contributed by atoms with Crippen molar-refractivity contribution in [1.82, 2.24) is 19.9 Å². The molecule has 11 heteroatoms. The van der Waals surface area contributed by atoms with Crippen molar-refractivity contribution >= 4 is 11.9 Å². The van der Waals surface area contributed by atoms with E-state index in [2.05, 4.69) is 20.3 Å². The lowest BCUT2D eigenvalue weighted by Gasteiger charge is -2.32. The normalized spacial score (nSPS) is 16.4. The molecule has 3 aromatic rings. The topological polar surface area (TPSA) is 80.2 Å². The summed E-state index contributed by atoms with van der Waals surface area (Å²) in [6, 6.07) is 7.30. The van der Waals surface area contributed by atoms with Crippen molar-refractivity contribution in [1.29, 1.82) is 0 Å². The second kappa shape index (κ2) is 9.39. The third-order valence-electron chi connectivity index (χ3n) is 5.07. The van der Waals surface area contributed by atoms with Crippen LogP contribution in [0.1, 0.15) is 18.4 Å². The van der Waals surface area contributed by atoms with Crippen molar-refractivity contribution in [2.75, 3.05) is 18.4 Å². The van der Waals surface area contributed by atoms with Gasteiger partial charge < -0.3 is 15.0 Å². The van der Waals surface area contributed by atoms with Gasteiger partial charge in [0, 0.05) is 37.7 Å². The van der Waals surface area contributed by atoms with Crippen LogP contribution in [0.25, 0.3) is 11.4 Å². The quantitative estimate of drug-likeness (QED) is 0.564. The molecule has 0 saturated carbocycles. The van der Waals surface area contributed by atoms with Crippen LogP contribution in [-0.2, 0) is 6.18 Å². The fourth-order valence-electron chi connectivity index (χ4n) is 3.48. The molecule has 4 rings (SSSR count). The summed E-state index contributed by atoms with van der Waals surface area (Å²) >= 11 is 0. The molecule has 1 amide bonds.